The van der Waals surface area contributed by atoms with E-state index in [9.17, 15) is 23.2 Å². The van der Waals surface area contributed by atoms with E-state index >= 15 is 4.39 Å². The Kier molecular flexibility index (Phi) is 7.48. The topological polar surface area (TPSA) is 121 Å². The first kappa shape index (κ1) is 24.4. The second-order valence-electron chi connectivity index (χ2n) is 8.01. The first-order valence-electron chi connectivity index (χ1n) is 10.9. The van der Waals surface area contributed by atoms with Crippen LogP contribution in [0.3, 0.4) is 0 Å². The fraction of sp³-hybridized carbons (Fsp3) is 0.476. The van der Waals surface area contributed by atoms with Gasteiger partial charge in [-0.05, 0) is 24.6 Å². The summed E-state index contributed by atoms with van der Waals surface area (Å²) < 4.78 is 44.9. The highest BCUT2D eigenvalue weighted by molar-refractivity contribution is 5.90. The van der Waals surface area contributed by atoms with Gasteiger partial charge in [0.05, 0.1) is 49.4 Å². The van der Waals surface area contributed by atoms with Crippen LogP contribution in [0.1, 0.15) is 18.5 Å². The third kappa shape index (κ3) is 5.88. The number of aromatic nitrogens is 3. The molecule has 1 atom stereocenters. The van der Waals surface area contributed by atoms with Crippen molar-refractivity contribution in [1.29, 1.82) is 0 Å². The van der Waals surface area contributed by atoms with Crippen LogP contribution in [-0.2, 0) is 25.6 Å². The first-order chi connectivity index (χ1) is 16.8. The van der Waals surface area contributed by atoms with E-state index in [4.69, 9.17) is 9.57 Å². The van der Waals surface area contributed by atoms with Crippen molar-refractivity contribution in [2.75, 3.05) is 42.6 Å². The summed E-state index contributed by atoms with van der Waals surface area (Å²) in [4.78, 5) is 44.2. The lowest BCUT2D eigenvalue weighted by molar-refractivity contribution is -0.181. The summed E-state index contributed by atoms with van der Waals surface area (Å²) in [5, 5.41) is 11.2. The summed E-state index contributed by atoms with van der Waals surface area (Å²) in [6.45, 7) is 1.02. The van der Waals surface area contributed by atoms with Gasteiger partial charge in [0, 0.05) is 19.5 Å². The number of ether oxygens (including phenoxy) is 1. The molecule has 1 N–H and O–H groups in total. The Balaban J connectivity index is 1.35. The lowest BCUT2D eigenvalue weighted by Crippen LogP contribution is -2.35. The second kappa shape index (κ2) is 10.7. The Bertz CT molecular complexity index is 1070. The van der Waals surface area contributed by atoms with Gasteiger partial charge in [-0.2, -0.15) is 15.4 Å². The van der Waals surface area contributed by atoms with E-state index in [0.717, 1.165) is 0 Å². The quantitative estimate of drug-likeness (QED) is 0.587. The molecule has 2 aliphatic rings. The van der Waals surface area contributed by atoms with Gasteiger partial charge in [-0.3, -0.25) is 19.3 Å². The van der Waals surface area contributed by atoms with E-state index in [2.05, 4.69) is 15.4 Å². The number of amides is 2. The number of hydrogen-bond acceptors (Lipinski definition) is 8. The molecular formula is C21H23F3N6O5. The number of halogens is 3. The molecule has 2 fully saturated rings. The second-order valence-corrected chi connectivity index (χ2v) is 8.01. The highest BCUT2D eigenvalue weighted by Crippen LogP contribution is 2.29. The molecule has 14 heteroatoms. The SMILES string of the molecule is O=C(CC[C@H]1CN(c2ccc(N3CCON(C(=O)Cc4cn[nH]n4)CC3)c(F)c2)C(=O)O1)C(F)F. The Morgan fingerprint density at radius 1 is 1.23 bits per heavy atom. The maximum atomic E-state index is 15.0. The van der Waals surface area contributed by atoms with E-state index in [1.807, 2.05) is 0 Å². The summed E-state index contributed by atoms with van der Waals surface area (Å²) >= 11 is 0. The number of Topliss-reactive ketones (excluding diaryl/α,β-unsaturated/α-hetero) is 1. The van der Waals surface area contributed by atoms with Crippen molar-refractivity contribution >= 4 is 29.2 Å². The molecule has 1 aromatic carbocycles. The van der Waals surface area contributed by atoms with Crippen LogP contribution in [0.5, 0.6) is 0 Å². The maximum Gasteiger partial charge on any atom is 0.414 e. The number of nitrogens with one attached hydrogen (secondary N) is 1. The van der Waals surface area contributed by atoms with Gasteiger partial charge in [0.1, 0.15) is 11.9 Å². The summed E-state index contributed by atoms with van der Waals surface area (Å²) in [5.41, 5.74) is 0.994. The zero-order valence-electron chi connectivity index (χ0n) is 18.5. The van der Waals surface area contributed by atoms with Gasteiger partial charge >= 0.3 is 6.09 Å². The zero-order valence-corrected chi connectivity index (χ0v) is 18.5. The minimum absolute atomic E-state index is 0.0167. The predicted molar refractivity (Wildman–Crippen MR) is 114 cm³/mol. The smallest absolute Gasteiger partial charge is 0.414 e. The molecule has 3 heterocycles. The van der Waals surface area contributed by atoms with Gasteiger partial charge in [0.2, 0.25) is 0 Å². The summed E-state index contributed by atoms with van der Waals surface area (Å²) in [5.74, 6) is -2.10. The number of hydroxylamine groups is 2. The molecule has 2 saturated heterocycles. The number of anilines is 2. The third-order valence-electron chi connectivity index (χ3n) is 5.67. The monoisotopic (exact) mass is 496 g/mol. The van der Waals surface area contributed by atoms with Gasteiger partial charge in [-0.1, -0.05) is 0 Å². The number of carbonyl (C=O) groups excluding carboxylic acids is 3. The standard InChI is InChI=1S/C21H23F3N6O5/c22-16-10-14(29-12-15(35-21(29)33)2-4-18(31)20(23)24)1-3-17(16)28-5-6-30(34-8-7-28)19(32)9-13-11-25-27-26-13/h1,3,10-11,15,20H,2,4-9,12H2,(H,25,26,27)/t15-/m0/s1. The van der Waals surface area contributed by atoms with E-state index in [1.54, 1.807) is 11.0 Å². The number of cyclic esters (lactones) is 1. The fourth-order valence-electron chi connectivity index (χ4n) is 3.86. The molecule has 35 heavy (non-hydrogen) atoms. The van der Waals surface area contributed by atoms with Crippen LogP contribution in [0.25, 0.3) is 0 Å². The number of hydrogen-bond donors (Lipinski definition) is 1. The van der Waals surface area contributed by atoms with Gasteiger partial charge in [0.15, 0.2) is 5.78 Å². The van der Waals surface area contributed by atoms with Crippen LogP contribution >= 0.6 is 0 Å². The summed E-state index contributed by atoms with van der Waals surface area (Å²) in [7, 11) is 0. The number of alkyl halides is 2. The highest BCUT2D eigenvalue weighted by Gasteiger charge is 2.34. The van der Waals surface area contributed by atoms with Crippen LogP contribution < -0.4 is 9.80 Å². The lowest BCUT2D eigenvalue weighted by atomic mass is 10.1. The minimum atomic E-state index is -3.06. The van der Waals surface area contributed by atoms with E-state index < -0.39 is 36.6 Å². The van der Waals surface area contributed by atoms with Gasteiger partial charge in [0.25, 0.3) is 12.3 Å². The Morgan fingerprint density at radius 3 is 2.77 bits per heavy atom. The molecule has 2 aliphatic heterocycles. The Hall–Kier alpha value is -3.68. The molecule has 0 spiro atoms. The van der Waals surface area contributed by atoms with Crippen molar-refractivity contribution in [2.24, 2.45) is 0 Å². The largest absolute Gasteiger partial charge is 0.444 e. The van der Waals surface area contributed by atoms with Crippen LogP contribution in [0.4, 0.5) is 29.3 Å². The van der Waals surface area contributed by atoms with Crippen molar-refractivity contribution in [2.45, 2.75) is 31.8 Å². The van der Waals surface area contributed by atoms with Gasteiger partial charge in [-0.25, -0.2) is 23.0 Å². The Labute approximate surface area is 197 Å². The minimum Gasteiger partial charge on any atom is -0.444 e. The van der Waals surface area contributed by atoms with Gasteiger partial charge < -0.3 is 9.64 Å². The van der Waals surface area contributed by atoms with Crippen molar-refractivity contribution in [3.05, 3.63) is 35.9 Å². The van der Waals surface area contributed by atoms with E-state index in [0.29, 0.717) is 18.8 Å². The lowest BCUT2D eigenvalue weighted by Gasteiger charge is -2.24. The van der Waals surface area contributed by atoms with Crippen molar-refractivity contribution < 1.29 is 37.1 Å². The van der Waals surface area contributed by atoms with Crippen LogP contribution in [-0.4, -0.2) is 83.6 Å². The zero-order chi connectivity index (χ0) is 24.9. The normalized spacial score (nSPS) is 18.7. The highest BCUT2D eigenvalue weighted by atomic mass is 19.3. The van der Waals surface area contributed by atoms with Crippen molar-refractivity contribution in [3.8, 4) is 0 Å². The average molecular weight is 496 g/mol. The molecule has 188 valence electrons. The molecule has 0 bridgehead atoms. The number of nitrogens with zero attached hydrogens (tertiary/aromatic N) is 5. The van der Waals surface area contributed by atoms with Crippen LogP contribution in [0, 0.1) is 5.82 Å². The molecule has 0 radical (unpaired) electrons. The number of carbonyl (C=O) groups is 3. The fourth-order valence-corrected chi connectivity index (χ4v) is 3.86. The molecule has 2 aromatic rings. The van der Waals surface area contributed by atoms with E-state index in [-0.39, 0.29) is 49.8 Å². The van der Waals surface area contributed by atoms with Crippen LogP contribution in [0.15, 0.2) is 24.4 Å². The number of aromatic amines is 1. The average Bonchev–Trinajstić information content (AvgIpc) is 3.39. The molecular weight excluding hydrogens is 473 g/mol. The van der Waals surface area contributed by atoms with Crippen molar-refractivity contribution in [1.82, 2.24) is 20.5 Å². The predicted octanol–water partition coefficient (Wildman–Crippen LogP) is 1.71. The number of rotatable bonds is 8. The van der Waals surface area contributed by atoms with Crippen molar-refractivity contribution in [3.63, 3.8) is 0 Å². The number of ketones is 1. The molecule has 2 amide bonds. The van der Waals surface area contributed by atoms with Gasteiger partial charge in [-0.15, -0.1) is 0 Å². The molecule has 11 nitrogen and oxygen atoms in total. The Morgan fingerprint density at radius 2 is 2.06 bits per heavy atom. The molecule has 0 unspecified atom stereocenters. The molecule has 4 rings (SSSR count). The molecule has 0 aliphatic carbocycles. The summed E-state index contributed by atoms with van der Waals surface area (Å²) in [6, 6.07) is 4.24. The molecule has 1 aromatic heterocycles. The number of H-pyrrole nitrogens is 1. The van der Waals surface area contributed by atoms with Crippen LogP contribution in [0.2, 0.25) is 0 Å². The van der Waals surface area contributed by atoms with E-state index in [1.165, 1.54) is 28.3 Å². The summed E-state index contributed by atoms with van der Waals surface area (Å²) in [6.07, 6.45) is -3.53. The molecule has 0 saturated carbocycles. The number of benzene rings is 1. The first-order valence-corrected chi connectivity index (χ1v) is 10.9. The third-order valence-corrected chi connectivity index (χ3v) is 5.67. The maximum absolute atomic E-state index is 15.0.